The molecule has 1 aliphatic rings. The van der Waals surface area contributed by atoms with Crippen LogP contribution in [0, 0.1) is 0 Å². The summed E-state index contributed by atoms with van der Waals surface area (Å²) in [6, 6.07) is 11.4. The van der Waals surface area contributed by atoms with Gasteiger partial charge < -0.3 is 14.8 Å². The Morgan fingerprint density at radius 3 is 2.71 bits per heavy atom. The highest BCUT2D eigenvalue weighted by molar-refractivity contribution is 7.92. The summed E-state index contributed by atoms with van der Waals surface area (Å²) in [4.78, 5) is 12.6. The first kappa shape index (κ1) is 20.0. The maximum atomic E-state index is 12.6. The largest absolute Gasteiger partial charge is 0.490 e. The summed E-state index contributed by atoms with van der Waals surface area (Å²) in [5.74, 6) is 0.448. The molecule has 7 nitrogen and oxygen atoms in total. The number of hydrogen-bond donors (Lipinski definition) is 1. The lowest BCUT2D eigenvalue weighted by Gasteiger charge is -2.34. The van der Waals surface area contributed by atoms with Crippen molar-refractivity contribution in [2.24, 2.45) is 0 Å². The Labute approximate surface area is 168 Å². The highest BCUT2D eigenvalue weighted by Crippen LogP contribution is 2.37. The zero-order chi connectivity index (χ0) is 20.3. The number of sulfonamides is 1. The van der Waals surface area contributed by atoms with Gasteiger partial charge in [0.1, 0.15) is 18.1 Å². The van der Waals surface area contributed by atoms with Gasteiger partial charge in [-0.15, -0.1) is 0 Å². The highest BCUT2D eigenvalue weighted by Gasteiger charge is 2.35. The van der Waals surface area contributed by atoms with Crippen LogP contribution in [0.1, 0.15) is 0 Å². The number of amides is 1. The second kappa shape index (κ2) is 8.12. The summed E-state index contributed by atoms with van der Waals surface area (Å²) in [6.45, 7) is 3.81. The van der Waals surface area contributed by atoms with Gasteiger partial charge in [0.25, 0.3) is 5.91 Å². The summed E-state index contributed by atoms with van der Waals surface area (Å²) in [6.07, 6.45) is 1.69. The number of ether oxygens (including phenoxy) is 2. The van der Waals surface area contributed by atoms with E-state index in [4.69, 9.17) is 21.1 Å². The zero-order valence-corrected chi connectivity index (χ0v) is 16.7. The smallest absolute Gasteiger partial charge is 0.267 e. The Kier molecular flexibility index (Phi) is 5.81. The Hall–Kier alpha value is -2.71. The molecule has 1 heterocycles. The lowest BCUT2D eigenvalue weighted by molar-refractivity contribution is -0.122. The number of hydrogen-bond acceptors (Lipinski definition) is 5. The van der Waals surface area contributed by atoms with Crippen molar-refractivity contribution in [2.75, 3.05) is 29.0 Å². The van der Waals surface area contributed by atoms with E-state index < -0.39 is 22.0 Å². The molecular weight excluding hydrogens is 404 g/mol. The van der Waals surface area contributed by atoms with Gasteiger partial charge in [-0.1, -0.05) is 24.3 Å². The number of nitrogens with one attached hydrogen (secondary N) is 1. The second-order valence-electron chi connectivity index (χ2n) is 6.13. The van der Waals surface area contributed by atoms with Crippen molar-refractivity contribution in [3.8, 4) is 11.5 Å². The van der Waals surface area contributed by atoms with Crippen LogP contribution in [0.3, 0.4) is 0 Å². The quantitative estimate of drug-likeness (QED) is 0.723. The van der Waals surface area contributed by atoms with E-state index in [0.717, 1.165) is 10.6 Å². The summed E-state index contributed by atoms with van der Waals surface area (Å²) in [5.41, 5.74) is 0.843. The molecule has 1 N–H and O–H groups in total. The van der Waals surface area contributed by atoms with Gasteiger partial charge in [0.2, 0.25) is 10.0 Å². The van der Waals surface area contributed by atoms with E-state index >= 15 is 0 Å². The van der Waals surface area contributed by atoms with Gasteiger partial charge in [0.15, 0.2) is 6.10 Å². The summed E-state index contributed by atoms with van der Waals surface area (Å²) < 4.78 is 36.6. The van der Waals surface area contributed by atoms with Crippen LogP contribution in [0.25, 0.3) is 0 Å². The molecule has 1 aliphatic heterocycles. The highest BCUT2D eigenvalue weighted by atomic mass is 35.5. The molecule has 0 radical (unpaired) electrons. The van der Waals surface area contributed by atoms with Gasteiger partial charge in [0.05, 0.1) is 18.5 Å². The third kappa shape index (κ3) is 4.58. The lowest BCUT2D eigenvalue weighted by Crippen LogP contribution is -2.48. The van der Waals surface area contributed by atoms with E-state index in [1.807, 2.05) is 0 Å². The molecule has 28 heavy (non-hydrogen) atoms. The van der Waals surface area contributed by atoms with Gasteiger partial charge in [-0.2, -0.15) is 0 Å². The number of carbonyl (C=O) groups excluding carboxylic acids is 1. The topological polar surface area (TPSA) is 84.9 Å². The third-order valence-electron chi connectivity index (χ3n) is 3.97. The van der Waals surface area contributed by atoms with Crippen molar-refractivity contribution in [1.29, 1.82) is 0 Å². The van der Waals surface area contributed by atoms with Crippen molar-refractivity contribution in [3.63, 3.8) is 0 Å². The standard InChI is InChI=1S/C19H19ClN2O5S/c1-3-10-26-15-7-5-14(6-8-15)21-19(23)18-12-22(28(2,24)25)16-11-13(20)4-9-17(16)27-18/h3-9,11,18H,1,10,12H2,2H3,(H,21,23). The first-order valence-corrected chi connectivity index (χ1v) is 10.6. The number of nitrogens with zero attached hydrogens (tertiary/aromatic N) is 1. The van der Waals surface area contributed by atoms with Crippen molar-refractivity contribution < 1.29 is 22.7 Å². The van der Waals surface area contributed by atoms with Crippen LogP contribution < -0.4 is 19.1 Å². The first-order valence-electron chi connectivity index (χ1n) is 8.36. The average molecular weight is 423 g/mol. The van der Waals surface area contributed by atoms with E-state index in [9.17, 15) is 13.2 Å². The van der Waals surface area contributed by atoms with E-state index in [1.54, 1.807) is 42.5 Å². The van der Waals surface area contributed by atoms with Gasteiger partial charge in [-0.05, 0) is 42.5 Å². The molecule has 0 bridgehead atoms. The minimum absolute atomic E-state index is 0.154. The molecule has 0 fully saturated rings. The van der Waals surface area contributed by atoms with Crippen LogP contribution in [-0.4, -0.2) is 39.8 Å². The molecule has 0 aliphatic carbocycles. The molecule has 1 amide bonds. The van der Waals surface area contributed by atoms with Gasteiger partial charge >= 0.3 is 0 Å². The summed E-state index contributed by atoms with van der Waals surface area (Å²) >= 11 is 5.97. The second-order valence-corrected chi connectivity index (χ2v) is 8.47. The molecule has 2 aromatic carbocycles. The molecular formula is C19H19ClN2O5S. The maximum Gasteiger partial charge on any atom is 0.267 e. The molecule has 2 aromatic rings. The Bertz CT molecular complexity index is 992. The van der Waals surface area contributed by atoms with Crippen LogP contribution in [0.2, 0.25) is 5.02 Å². The third-order valence-corrected chi connectivity index (χ3v) is 5.35. The van der Waals surface area contributed by atoms with Crippen molar-refractivity contribution >= 4 is 38.9 Å². The van der Waals surface area contributed by atoms with Gasteiger partial charge in [-0.3, -0.25) is 9.10 Å². The minimum atomic E-state index is -3.62. The number of halogens is 1. The lowest BCUT2D eigenvalue weighted by atomic mass is 10.2. The molecule has 0 saturated heterocycles. The molecule has 0 saturated carbocycles. The van der Waals surface area contributed by atoms with Crippen molar-refractivity contribution in [3.05, 3.63) is 60.1 Å². The maximum absolute atomic E-state index is 12.6. The normalized spacial score (nSPS) is 15.9. The SMILES string of the molecule is C=CCOc1ccc(NC(=O)C2CN(S(C)(=O)=O)c3cc(Cl)ccc3O2)cc1. The van der Waals surface area contributed by atoms with Crippen molar-refractivity contribution in [2.45, 2.75) is 6.10 Å². The van der Waals surface area contributed by atoms with Crippen LogP contribution in [0.5, 0.6) is 11.5 Å². The van der Waals surface area contributed by atoms with E-state index in [2.05, 4.69) is 11.9 Å². The summed E-state index contributed by atoms with van der Waals surface area (Å²) in [7, 11) is -3.62. The van der Waals surface area contributed by atoms with E-state index in [0.29, 0.717) is 28.8 Å². The fraction of sp³-hybridized carbons (Fsp3) is 0.211. The number of carbonyl (C=O) groups is 1. The first-order chi connectivity index (χ1) is 13.3. The van der Waals surface area contributed by atoms with Gasteiger partial charge in [-0.25, -0.2) is 8.42 Å². The molecule has 1 atom stereocenters. The number of rotatable bonds is 6. The Balaban J connectivity index is 1.77. The predicted molar refractivity (Wildman–Crippen MR) is 109 cm³/mol. The molecule has 3 rings (SSSR count). The molecule has 9 heteroatoms. The molecule has 1 unspecified atom stereocenters. The zero-order valence-electron chi connectivity index (χ0n) is 15.1. The molecule has 0 aromatic heterocycles. The number of anilines is 2. The monoisotopic (exact) mass is 422 g/mol. The number of fused-ring (bicyclic) bond motifs is 1. The van der Waals surface area contributed by atoms with E-state index in [1.165, 1.54) is 6.07 Å². The fourth-order valence-corrected chi connectivity index (χ4v) is 3.76. The van der Waals surface area contributed by atoms with Crippen LogP contribution >= 0.6 is 11.6 Å². The fourth-order valence-electron chi connectivity index (χ4n) is 2.69. The number of benzene rings is 2. The Morgan fingerprint density at radius 1 is 1.36 bits per heavy atom. The summed E-state index contributed by atoms with van der Waals surface area (Å²) in [5, 5.41) is 3.09. The molecule has 148 valence electrons. The minimum Gasteiger partial charge on any atom is -0.490 e. The van der Waals surface area contributed by atoms with Crippen molar-refractivity contribution in [1.82, 2.24) is 0 Å². The predicted octanol–water partition coefficient (Wildman–Crippen LogP) is 3.07. The van der Waals surface area contributed by atoms with Crippen LogP contribution in [0.4, 0.5) is 11.4 Å². The van der Waals surface area contributed by atoms with Gasteiger partial charge in [0, 0.05) is 10.7 Å². The van der Waals surface area contributed by atoms with E-state index in [-0.39, 0.29) is 12.3 Å². The molecule has 0 spiro atoms. The Morgan fingerprint density at radius 2 is 2.07 bits per heavy atom. The van der Waals surface area contributed by atoms with Crippen LogP contribution in [0.15, 0.2) is 55.1 Å². The average Bonchev–Trinajstić information content (AvgIpc) is 2.65. The van der Waals surface area contributed by atoms with Crippen LogP contribution in [-0.2, 0) is 14.8 Å².